The average Bonchev–Trinajstić information content (AvgIpc) is 1.86. The molecule has 2 heteroatoms. The van der Waals surface area contributed by atoms with Gasteiger partial charge in [0.1, 0.15) is 6.73 Å². The molecule has 0 radical (unpaired) electrons. The summed E-state index contributed by atoms with van der Waals surface area (Å²) in [5.74, 6) is 0. The summed E-state index contributed by atoms with van der Waals surface area (Å²) in [6.07, 6.45) is 2.06. The van der Waals surface area contributed by atoms with Gasteiger partial charge >= 0.3 is 0 Å². The molecule has 0 aromatic carbocycles. The second-order valence-corrected chi connectivity index (χ2v) is 1.33. The third-order valence-electron chi connectivity index (χ3n) is 0.727. The first kappa shape index (κ1) is 3.81. The van der Waals surface area contributed by atoms with Gasteiger partial charge < -0.3 is 4.74 Å². The van der Waals surface area contributed by atoms with Crippen molar-refractivity contribution in [2.75, 3.05) is 6.73 Å². The Morgan fingerprint density at radius 1 is 2.00 bits per heavy atom. The molecule has 6 heavy (non-hydrogen) atoms. The first-order valence-electron chi connectivity index (χ1n) is 2.01. The van der Waals surface area contributed by atoms with Crippen molar-refractivity contribution in [2.45, 2.75) is 13.0 Å². The number of rotatable bonds is 0. The minimum absolute atomic E-state index is 0.255. The van der Waals surface area contributed by atoms with Gasteiger partial charge in [-0.2, -0.15) is 0 Å². The average molecular weight is 85.1 g/mol. The second kappa shape index (κ2) is 1.39. The third-order valence-corrected chi connectivity index (χ3v) is 0.727. The summed E-state index contributed by atoms with van der Waals surface area (Å²) in [6, 6.07) is 0. The summed E-state index contributed by atoms with van der Waals surface area (Å²) in [6.45, 7) is 2.53. The second-order valence-electron chi connectivity index (χ2n) is 1.33. The van der Waals surface area contributed by atoms with Crippen LogP contribution < -0.4 is 0 Å². The van der Waals surface area contributed by atoms with Gasteiger partial charge in [0.05, 0.1) is 6.10 Å². The van der Waals surface area contributed by atoms with Crippen molar-refractivity contribution in [3.8, 4) is 0 Å². The highest BCUT2D eigenvalue weighted by Gasteiger charge is 1.99. The summed E-state index contributed by atoms with van der Waals surface area (Å²) in [5, 5.41) is 0. The highest BCUT2D eigenvalue weighted by Crippen LogP contribution is 1.92. The first-order chi connectivity index (χ1) is 2.89. The summed E-state index contributed by atoms with van der Waals surface area (Å²) in [4.78, 5) is 3.82. The fourth-order valence-corrected chi connectivity index (χ4v) is 0.395. The van der Waals surface area contributed by atoms with Crippen molar-refractivity contribution < 1.29 is 4.74 Å². The lowest BCUT2D eigenvalue weighted by Crippen LogP contribution is -1.99. The molecular weight excluding hydrogens is 78.0 g/mol. The lowest BCUT2D eigenvalue weighted by Gasteiger charge is -1.91. The van der Waals surface area contributed by atoms with Crippen LogP contribution in [-0.2, 0) is 4.74 Å². The largest absolute Gasteiger partial charge is 0.351 e. The van der Waals surface area contributed by atoms with E-state index in [1.165, 1.54) is 0 Å². The van der Waals surface area contributed by atoms with Gasteiger partial charge in [-0.3, -0.25) is 4.99 Å². The van der Waals surface area contributed by atoms with E-state index >= 15 is 0 Å². The Bertz CT molecular complexity index is 69.9. The van der Waals surface area contributed by atoms with Crippen molar-refractivity contribution >= 4 is 6.21 Å². The molecule has 1 unspecified atom stereocenters. The topological polar surface area (TPSA) is 21.6 Å². The molecule has 0 amide bonds. The minimum Gasteiger partial charge on any atom is -0.351 e. The Morgan fingerprint density at radius 3 is 3.00 bits per heavy atom. The number of hydrogen-bond acceptors (Lipinski definition) is 2. The van der Waals surface area contributed by atoms with Crippen molar-refractivity contribution in [2.24, 2.45) is 4.99 Å². The van der Waals surface area contributed by atoms with E-state index in [-0.39, 0.29) is 6.10 Å². The van der Waals surface area contributed by atoms with Gasteiger partial charge in [0.25, 0.3) is 0 Å². The molecule has 0 N–H and O–H groups in total. The maximum absolute atomic E-state index is 4.93. The van der Waals surface area contributed by atoms with Gasteiger partial charge in [0.2, 0.25) is 0 Å². The highest BCUT2D eigenvalue weighted by atomic mass is 16.5. The van der Waals surface area contributed by atoms with Crippen LogP contribution in [0.5, 0.6) is 0 Å². The monoisotopic (exact) mass is 85.1 g/mol. The molecule has 1 heterocycles. The molecule has 0 fully saturated rings. The van der Waals surface area contributed by atoms with Crippen LogP contribution in [0.2, 0.25) is 0 Å². The zero-order valence-corrected chi connectivity index (χ0v) is 3.72. The summed E-state index contributed by atoms with van der Waals surface area (Å²) in [5.41, 5.74) is 0. The number of nitrogens with zero attached hydrogens (tertiary/aromatic N) is 1. The van der Waals surface area contributed by atoms with Gasteiger partial charge in [0.15, 0.2) is 0 Å². The Kier molecular flexibility index (Phi) is 0.881. The molecule has 0 spiro atoms. The van der Waals surface area contributed by atoms with Crippen LogP contribution in [0.25, 0.3) is 0 Å². The molecule has 0 bridgehead atoms. The predicted octanol–water partition coefficient (Wildman–Crippen LogP) is 0.433. The highest BCUT2D eigenvalue weighted by molar-refractivity contribution is 5.63. The quantitative estimate of drug-likeness (QED) is 0.418. The van der Waals surface area contributed by atoms with E-state index in [2.05, 4.69) is 4.99 Å². The smallest absolute Gasteiger partial charge is 0.138 e. The molecule has 0 aromatic rings. The zero-order chi connectivity index (χ0) is 4.41. The van der Waals surface area contributed by atoms with Crippen LogP contribution in [0.1, 0.15) is 6.92 Å². The molecule has 1 aliphatic rings. The van der Waals surface area contributed by atoms with Gasteiger partial charge in [-0.1, -0.05) is 0 Å². The van der Waals surface area contributed by atoms with E-state index in [0.717, 1.165) is 0 Å². The summed E-state index contributed by atoms with van der Waals surface area (Å²) in [7, 11) is 0. The summed E-state index contributed by atoms with van der Waals surface area (Å²) >= 11 is 0. The van der Waals surface area contributed by atoms with Crippen molar-refractivity contribution in [1.29, 1.82) is 0 Å². The Hall–Kier alpha value is -0.370. The SMILES string of the molecule is CC1C=NCO1. The maximum atomic E-state index is 4.93. The summed E-state index contributed by atoms with van der Waals surface area (Å²) < 4.78 is 4.93. The van der Waals surface area contributed by atoms with E-state index in [1.807, 2.05) is 6.92 Å². The van der Waals surface area contributed by atoms with Crippen molar-refractivity contribution in [3.63, 3.8) is 0 Å². The molecule has 0 saturated heterocycles. The van der Waals surface area contributed by atoms with Crippen molar-refractivity contribution in [1.82, 2.24) is 0 Å². The fraction of sp³-hybridized carbons (Fsp3) is 0.750. The Morgan fingerprint density at radius 2 is 2.83 bits per heavy atom. The van der Waals surface area contributed by atoms with E-state index in [9.17, 15) is 0 Å². The van der Waals surface area contributed by atoms with Crippen LogP contribution in [-0.4, -0.2) is 19.0 Å². The number of aliphatic imine (C=N–C) groups is 1. The minimum atomic E-state index is 0.255. The molecule has 0 aliphatic carbocycles. The zero-order valence-electron chi connectivity index (χ0n) is 3.72. The number of ether oxygens (including phenoxy) is 1. The molecular formula is C4H7NO. The van der Waals surface area contributed by atoms with Gasteiger partial charge in [-0.05, 0) is 6.92 Å². The third kappa shape index (κ3) is 0.571. The Labute approximate surface area is 36.8 Å². The Balaban J connectivity index is 2.38. The molecule has 0 saturated carbocycles. The van der Waals surface area contributed by atoms with Gasteiger partial charge in [-0.15, -0.1) is 0 Å². The molecule has 2 nitrogen and oxygen atoms in total. The van der Waals surface area contributed by atoms with E-state index < -0.39 is 0 Å². The molecule has 34 valence electrons. The van der Waals surface area contributed by atoms with E-state index in [4.69, 9.17) is 4.74 Å². The number of hydrogen-bond donors (Lipinski definition) is 0. The van der Waals surface area contributed by atoms with Crippen LogP contribution in [0.3, 0.4) is 0 Å². The van der Waals surface area contributed by atoms with Crippen LogP contribution >= 0.6 is 0 Å². The lowest BCUT2D eigenvalue weighted by molar-refractivity contribution is 0.140. The molecule has 1 aliphatic heterocycles. The standard InChI is InChI=1S/C4H7NO/c1-4-2-5-3-6-4/h2,4H,3H2,1H3. The molecule has 1 rings (SSSR count). The van der Waals surface area contributed by atoms with Gasteiger partial charge in [0, 0.05) is 6.21 Å². The first-order valence-corrected chi connectivity index (χ1v) is 2.01. The van der Waals surface area contributed by atoms with Gasteiger partial charge in [-0.25, -0.2) is 0 Å². The fourth-order valence-electron chi connectivity index (χ4n) is 0.395. The lowest BCUT2D eigenvalue weighted by atomic mass is 10.5. The molecule has 0 aromatic heterocycles. The normalized spacial score (nSPS) is 31.8. The molecule has 1 atom stereocenters. The van der Waals surface area contributed by atoms with Crippen LogP contribution in [0.15, 0.2) is 4.99 Å². The van der Waals surface area contributed by atoms with E-state index in [0.29, 0.717) is 6.73 Å². The van der Waals surface area contributed by atoms with Crippen LogP contribution in [0.4, 0.5) is 0 Å². The van der Waals surface area contributed by atoms with Crippen LogP contribution in [0, 0.1) is 0 Å². The predicted molar refractivity (Wildman–Crippen MR) is 23.9 cm³/mol. The maximum Gasteiger partial charge on any atom is 0.138 e. The van der Waals surface area contributed by atoms with Crippen molar-refractivity contribution in [3.05, 3.63) is 0 Å². The van der Waals surface area contributed by atoms with E-state index in [1.54, 1.807) is 6.21 Å².